The minimum Gasteiger partial charge on any atom is -0.339 e. The molecule has 0 aliphatic carbocycles. The quantitative estimate of drug-likeness (QED) is 0.724. The molecule has 0 radical (unpaired) electrons. The number of sulfonamides is 1. The molecule has 3 aliphatic rings. The van der Waals surface area contributed by atoms with Crippen LogP contribution < -0.4 is 5.73 Å². The monoisotopic (exact) mass is 424 g/mol. The maximum atomic E-state index is 13.5. The Morgan fingerprint density at radius 2 is 2.14 bits per heavy atom. The van der Waals surface area contributed by atoms with Gasteiger partial charge >= 0.3 is 0 Å². The van der Waals surface area contributed by atoms with Crippen molar-refractivity contribution in [1.82, 2.24) is 14.1 Å². The number of likely N-dealkylation sites (tertiary alicyclic amines) is 2. The van der Waals surface area contributed by atoms with Gasteiger partial charge in [-0.25, -0.2) is 12.8 Å². The van der Waals surface area contributed by atoms with Gasteiger partial charge in [0.15, 0.2) is 0 Å². The molecule has 4 atom stereocenters. The van der Waals surface area contributed by atoms with Crippen LogP contribution in [0.2, 0.25) is 0 Å². The van der Waals surface area contributed by atoms with E-state index in [1.807, 2.05) is 6.92 Å². The molecule has 1 aromatic carbocycles. The van der Waals surface area contributed by atoms with Crippen molar-refractivity contribution in [3.63, 3.8) is 0 Å². The molecule has 4 rings (SSSR count). The van der Waals surface area contributed by atoms with Gasteiger partial charge in [0.25, 0.3) is 0 Å². The number of hydrogen-bond donors (Lipinski definition) is 1. The molecule has 1 aromatic rings. The Kier molecular flexibility index (Phi) is 5.12. The predicted molar refractivity (Wildman–Crippen MR) is 103 cm³/mol. The number of benzene rings is 1. The summed E-state index contributed by atoms with van der Waals surface area (Å²) in [6, 6.07) is 2.93. The largest absolute Gasteiger partial charge is 0.339 e. The van der Waals surface area contributed by atoms with Crippen molar-refractivity contribution in [3.8, 4) is 0 Å². The zero-order chi connectivity index (χ0) is 20.9. The van der Waals surface area contributed by atoms with Gasteiger partial charge in [0.1, 0.15) is 17.9 Å². The summed E-state index contributed by atoms with van der Waals surface area (Å²) < 4.78 is 40.4. The molecule has 158 valence electrons. The molecule has 0 unspecified atom stereocenters. The Labute approximate surface area is 169 Å². The van der Waals surface area contributed by atoms with E-state index >= 15 is 0 Å². The van der Waals surface area contributed by atoms with Crippen LogP contribution in [0.1, 0.15) is 26.2 Å². The summed E-state index contributed by atoms with van der Waals surface area (Å²) in [6.07, 6.45) is 2.24. The van der Waals surface area contributed by atoms with Crippen LogP contribution in [0.4, 0.5) is 4.39 Å². The van der Waals surface area contributed by atoms with E-state index in [0.29, 0.717) is 13.0 Å². The number of piperazine rings is 1. The lowest BCUT2D eigenvalue weighted by molar-refractivity contribution is -0.137. The molecule has 29 heavy (non-hydrogen) atoms. The van der Waals surface area contributed by atoms with Crippen LogP contribution in [0.3, 0.4) is 0 Å². The van der Waals surface area contributed by atoms with E-state index in [2.05, 4.69) is 0 Å². The lowest BCUT2D eigenvalue weighted by Crippen LogP contribution is -2.57. The molecule has 0 aromatic heterocycles. The van der Waals surface area contributed by atoms with Crippen molar-refractivity contribution >= 4 is 21.8 Å². The zero-order valence-corrected chi connectivity index (χ0v) is 17.0. The highest BCUT2D eigenvalue weighted by molar-refractivity contribution is 7.89. The van der Waals surface area contributed by atoms with Crippen molar-refractivity contribution in [2.75, 3.05) is 19.6 Å². The van der Waals surface area contributed by atoms with Gasteiger partial charge in [0.05, 0.1) is 4.90 Å². The van der Waals surface area contributed by atoms with E-state index in [1.165, 1.54) is 23.1 Å². The second-order valence-corrected chi connectivity index (χ2v) is 9.95. The number of rotatable bonds is 5. The number of nitrogens with two attached hydrogens (primary N) is 1. The molecule has 2 amide bonds. The third kappa shape index (κ3) is 3.43. The number of nitrogens with zero attached hydrogens (tertiary/aromatic N) is 3. The van der Waals surface area contributed by atoms with Crippen LogP contribution in [-0.2, 0) is 19.6 Å². The summed E-state index contributed by atoms with van der Waals surface area (Å²) in [5.74, 6) is -1.17. The molecular formula is C19H25FN4O4S. The highest BCUT2D eigenvalue weighted by Crippen LogP contribution is 2.36. The third-order valence-electron chi connectivity index (χ3n) is 6.19. The molecule has 3 saturated heterocycles. The standard InChI is InChI=1S/C19H25FN4O4S/c1-12-4-3-7-22(12)18(25)16(21)11-23-14-9-17(19(23)26)24(10-14)29(27,28)15-6-2-5-13(20)8-15/h2,5-6,8,12,14,16-17H,3-4,7,9-11,21H2,1H3/t12-,14-,16+,17-/m1/s1. The minimum absolute atomic E-state index is 0.0793. The number of hydrogen-bond acceptors (Lipinski definition) is 5. The van der Waals surface area contributed by atoms with Gasteiger partial charge < -0.3 is 15.5 Å². The molecule has 3 fully saturated rings. The van der Waals surface area contributed by atoms with E-state index in [0.717, 1.165) is 23.2 Å². The van der Waals surface area contributed by atoms with E-state index < -0.39 is 27.9 Å². The fourth-order valence-electron chi connectivity index (χ4n) is 4.64. The van der Waals surface area contributed by atoms with Crippen molar-refractivity contribution in [2.24, 2.45) is 5.73 Å². The first kappa shape index (κ1) is 20.2. The van der Waals surface area contributed by atoms with Crippen LogP contribution in [0.25, 0.3) is 0 Å². The molecular weight excluding hydrogens is 399 g/mol. The van der Waals surface area contributed by atoms with E-state index in [1.54, 1.807) is 4.90 Å². The third-order valence-corrected chi connectivity index (χ3v) is 8.06. The summed E-state index contributed by atoms with van der Waals surface area (Å²) in [4.78, 5) is 28.6. The van der Waals surface area contributed by atoms with Crippen molar-refractivity contribution in [1.29, 1.82) is 0 Å². The Hall–Kier alpha value is -2.04. The number of carbonyl (C=O) groups excluding carboxylic acids is 2. The average Bonchev–Trinajstić information content (AvgIpc) is 3.37. The van der Waals surface area contributed by atoms with Gasteiger partial charge in [-0.2, -0.15) is 4.31 Å². The number of halogens is 1. The first-order chi connectivity index (χ1) is 13.7. The number of amides is 2. The highest BCUT2D eigenvalue weighted by atomic mass is 32.2. The lowest BCUT2D eigenvalue weighted by Gasteiger charge is -2.35. The van der Waals surface area contributed by atoms with Crippen molar-refractivity contribution in [2.45, 2.75) is 55.2 Å². The van der Waals surface area contributed by atoms with E-state index in [9.17, 15) is 22.4 Å². The molecule has 2 bridgehead atoms. The summed E-state index contributed by atoms with van der Waals surface area (Å²) >= 11 is 0. The maximum absolute atomic E-state index is 13.5. The first-order valence-corrected chi connectivity index (χ1v) is 11.3. The van der Waals surface area contributed by atoms with Gasteiger partial charge in [0, 0.05) is 31.7 Å². The topological polar surface area (TPSA) is 104 Å². The van der Waals surface area contributed by atoms with Gasteiger partial charge in [-0.15, -0.1) is 0 Å². The van der Waals surface area contributed by atoms with E-state index in [4.69, 9.17) is 5.73 Å². The summed E-state index contributed by atoms with van der Waals surface area (Å²) in [6.45, 7) is 2.86. The first-order valence-electron chi connectivity index (χ1n) is 9.84. The molecule has 0 saturated carbocycles. The maximum Gasteiger partial charge on any atom is 0.243 e. The Morgan fingerprint density at radius 3 is 2.76 bits per heavy atom. The van der Waals surface area contributed by atoms with Crippen molar-refractivity contribution in [3.05, 3.63) is 30.1 Å². The summed E-state index contributed by atoms with van der Waals surface area (Å²) in [7, 11) is -3.97. The number of fused-ring (bicyclic) bond motifs is 2. The highest BCUT2D eigenvalue weighted by Gasteiger charge is 2.54. The average molecular weight is 424 g/mol. The normalized spacial score (nSPS) is 28.4. The van der Waals surface area contributed by atoms with Crippen LogP contribution in [-0.4, -0.2) is 78.1 Å². The molecule has 8 nitrogen and oxygen atoms in total. The molecule has 2 N–H and O–H groups in total. The van der Waals surface area contributed by atoms with Crippen LogP contribution in [0.5, 0.6) is 0 Å². The fourth-order valence-corrected chi connectivity index (χ4v) is 6.30. The van der Waals surface area contributed by atoms with Gasteiger partial charge in [-0.3, -0.25) is 9.59 Å². The second kappa shape index (κ2) is 7.33. The van der Waals surface area contributed by atoms with E-state index in [-0.39, 0.29) is 41.9 Å². The van der Waals surface area contributed by atoms with Crippen molar-refractivity contribution < 1.29 is 22.4 Å². The van der Waals surface area contributed by atoms with Gasteiger partial charge in [0.2, 0.25) is 21.8 Å². The smallest absolute Gasteiger partial charge is 0.243 e. The minimum atomic E-state index is -3.97. The molecule has 10 heteroatoms. The Bertz CT molecular complexity index is 940. The number of carbonyl (C=O) groups is 2. The zero-order valence-electron chi connectivity index (χ0n) is 16.2. The SMILES string of the molecule is C[C@@H]1CCCN1C(=O)[C@@H](N)CN1C(=O)[C@H]2C[C@@H]1CN2S(=O)(=O)c1cccc(F)c1. The van der Waals surface area contributed by atoms with Gasteiger partial charge in [-0.1, -0.05) is 6.07 Å². The Morgan fingerprint density at radius 1 is 1.38 bits per heavy atom. The second-order valence-electron chi connectivity index (χ2n) is 8.06. The fraction of sp³-hybridized carbons (Fsp3) is 0.579. The van der Waals surface area contributed by atoms with Gasteiger partial charge in [-0.05, 0) is 44.4 Å². The van der Waals surface area contributed by atoms with Crippen LogP contribution in [0.15, 0.2) is 29.2 Å². The molecule has 0 spiro atoms. The molecule has 3 aliphatic heterocycles. The lowest BCUT2D eigenvalue weighted by atomic mass is 10.2. The predicted octanol–water partition coefficient (Wildman–Crippen LogP) is 0.138. The summed E-state index contributed by atoms with van der Waals surface area (Å²) in [5.41, 5.74) is 6.10. The van der Waals surface area contributed by atoms with Crippen LogP contribution >= 0.6 is 0 Å². The molecule has 3 heterocycles. The van der Waals surface area contributed by atoms with Crippen LogP contribution in [0, 0.1) is 5.82 Å². The summed E-state index contributed by atoms with van der Waals surface area (Å²) in [5, 5.41) is 0. The Balaban J connectivity index is 1.45.